The molecule has 0 saturated heterocycles. The minimum absolute atomic E-state index is 0.0404. The molecular formula is C14H21NO4. The van der Waals surface area contributed by atoms with E-state index in [0.717, 1.165) is 25.8 Å². The molecular weight excluding hydrogens is 246 g/mol. The maximum Gasteiger partial charge on any atom is 0.371 e. The third-order valence-corrected chi connectivity index (χ3v) is 3.82. The summed E-state index contributed by atoms with van der Waals surface area (Å²) in [7, 11) is 0. The van der Waals surface area contributed by atoms with E-state index in [1.165, 1.54) is 12.5 Å². The van der Waals surface area contributed by atoms with Crippen LogP contribution in [-0.4, -0.2) is 28.8 Å². The topological polar surface area (TPSA) is 82.7 Å². The third kappa shape index (κ3) is 3.58. The lowest BCUT2D eigenvalue weighted by Gasteiger charge is -2.28. The van der Waals surface area contributed by atoms with Crippen molar-refractivity contribution in [1.82, 2.24) is 5.32 Å². The molecule has 5 nitrogen and oxygen atoms in total. The van der Waals surface area contributed by atoms with Crippen molar-refractivity contribution in [2.75, 3.05) is 6.54 Å². The van der Waals surface area contributed by atoms with E-state index in [2.05, 4.69) is 5.32 Å². The van der Waals surface area contributed by atoms with Crippen LogP contribution in [0.2, 0.25) is 0 Å². The van der Waals surface area contributed by atoms with Crippen molar-refractivity contribution in [3.05, 3.63) is 23.7 Å². The van der Waals surface area contributed by atoms with E-state index in [0.29, 0.717) is 5.76 Å². The van der Waals surface area contributed by atoms with Gasteiger partial charge in [0.2, 0.25) is 5.76 Å². The quantitative estimate of drug-likeness (QED) is 0.761. The molecule has 1 fully saturated rings. The van der Waals surface area contributed by atoms with Crippen LogP contribution in [0.3, 0.4) is 0 Å². The van der Waals surface area contributed by atoms with Gasteiger partial charge in [0.1, 0.15) is 5.76 Å². The van der Waals surface area contributed by atoms with Crippen LogP contribution in [0.15, 0.2) is 16.5 Å². The van der Waals surface area contributed by atoms with E-state index in [-0.39, 0.29) is 23.8 Å². The van der Waals surface area contributed by atoms with Gasteiger partial charge in [-0.3, -0.25) is 0 Å². The Morgan fingerprint density at radius 1 is 1.47 bits per heavy atom. The van der Waals surface area contributed by atoms with Crippen LogP contribution < -0.4 is 5.32 Å². The molecule has 1 saturated carbocycles. The highest BCUT2D eigenvalue weighted by Gasteiger charge is 2.23. The fourth-order valence-corrected chi connectivity index (χ4v) is 2.56. The molecule has 1 aromatic rings. The second kappa shape index (κ2) is 6.21. The van der Waals surface area contributed by atoms with Gasteiger partial charge in [-0.2, -0.15) is 0 Å². The van der Waals surface area contributed by atoms with Gasteiger partial charge in [-0.1, -0.05) is 12.8 Å². The summed E-state index contributed by atoms with van der Waals surface area (Å²) in [6.07, 6.45) is 3.97. The summed E-state index contributed by atoms with van der Waals surface area (Å²) >= 11 is 0. The number of rotatable bonds is 5. The zero-order chi connectivity index (χ0) is 13.8. The number of furan rings is 1. The third-order valence-electron chi connectivity index (χ3n) is 3.82. The molecule has 3 N–H and O–H groups in total. The first kappa shape index (κ1) is 14.1. The van der Waals surface area contributed by atoms with Crippen LogP contribution in [0, 0.1) is 5.92 Å². The summed E-state index contributed by atoms with van der Waals surface area (Å²) < 4.78 is 5.25. The molecule has 3 atom stereocenters. The van der Waals surface area contributed by atoms with Crippen molar-refractivity contribution in [2.24, 2.45) is 5.92 Å². The lowest BCUT2D eigenvalue weighted by molar-refractivity contribution is 0.0655. The molecule has 1 aromatic heterocycles. The highest BCUT2D eigenvalue weighted by molar-refractivity contribution is 5.84. The smallest absolute Gasteiger partial charge is 0.371 e. The monoisotopic (exact) mass is 267 g/mol. The van der Waals surface area contributed by atoms with Crippen LogP contribution >= 0.6 is 0 Å². The van der Waals surface area contributed by atoms with Gasteiger partial charge in [0.05, 0.1) is 12.1 Å². The standard InChI is InChI=1S/C14H21NO4/c1-9(12-6-7-13(19-12)14(17)18)15-8-10-4-2-3-5-11(10)16/h6-7,9-11,15-16H,2-5,8H2,1H3,(H,17,18). The number of carboxylic acid groups (broad SMARTS) is 1. The Hall–Kier alpha value is -1.33. The van der Waals surface area contributed by atoms with Crippen molar-refractivity contribution in [3.63, 3.8) is 0 Å². The molecule has 1 aliphatic carbocycles. The van der Waals surface area contributed by atoms with Crippen molar-refractivity contribution in [1.29, 1.82) is 0 Å². The van der Waals surface area contributed by atoms with Crippen molar-refractivity contribution >= 4 is 5.97 Å². The van der Waals surface area contributed by atoms with Gasteiger partial charge in [0, 0.05) is 6.54 Å². The number of hydrogen-bond acceptors (Lipinski definition) is 4. The summed E-state index contributed by atoms with van der Waals surface area (Å²) in [6.45, 7) is 2.66. The molecule has 2 rings (SSSR count). The molecule has 106 valence electrons. The molecule has 0 amide bonds. The van der Waals surface area contributed by atoms with Gasteiger partial charge >= 0.3 is 5.97 Å². The second-order valence-corrected chi connectivity index (χ2v) is 5.25. The zero-order valence-electron chi connectivity index (χ0n) is 11.1. The molecule has 3 unspecified atom stereocenters. The Balaban J connectivity index is 1.86. The zero-order valence-corrected chi connectivity index (χ0v) is 11.1. The van der Waals surface area contributed by atoms with E-state index in [4.69, 9.17) is 9.52 Å². The number of carbonyl (C=O) groups is 1. The van der Waals surface area contributed by atoms with Gasteiger partial charge in [0.25, 0.3) is 0 Å². The number of aliphatic hydroxyl groups excluding tert-OH is 1. The molecule has 1 heterocycles. The Labute approximate surface area is 112 Å². The van der Waals surface area contributed by atoms with E-state index >= 15 is 0 Å². The summed E-state index contributed by atoms with van der Waals surface area (Å²) in [5.74, 6) is -0.199. The van der Waals surface area contributed by atoms with Gasteiger partial charge < -0.3 is 19.9 Å². The van der Waals surface area contributed by atoms with Crippen LogP contribution in [0.4, 0.5) is 0 Å². The minimum atomic E-state index is -1.05. The molecule has 0 aliphatic heterocycles. The Morgan fingerprint density at radius 3 is 2.84 bits per heavy atom. The summed E-state index contributed by atoms with van der Waals surface area (Å²) in [4.78, 5) is 10.7. The number of aliphatic hydroxyl groups is 1. The van der Waals surface area contributed by atoms with Gasteiger partial charge in [-0.15, -0.1) is 0 Å². The first-order valence-corrected chi connectivity index (χ1v) is 6.82. The molecule has 0 radical (unpaired) electrons. The molecule has 0 spiro atoms. The Kier molecular flexibility index (Phi) is 4.61. The molecule has 0 bridgehead atoms. The summed E-state index contributed by atoms with van der Waals surface area (Å²) in [5, 5.41) is 22.0. The Bertz CT molecular complexity index is 429. The molecule has 0 aromatic carbocycles. The molecule has 5 heteroatoms. The highest BCUT2D eigenvalue weighted by Crippen LogP contribution is 2.25. The van der Waals surface area contributed by atoms with Crippen LogP contribution in [0.25, 0.3) is 0 Å². The fraction of sp³-hybridized carbons (Fsp3) is 0.643. The van der Waals surface area contributed by atoms with Crippen LogP contribution in [0.5, 0.6) is 0 Å². The predicted molar refractivity (Wildman–Crippen MR) is 70.0 cm³/mol. The van der Waals surface area contributed by atoms with E-state index in [9.17, 15) is 9.90 Å². The largest absolute Gasteiger partial charge is 0.475 e. The van der Waals surface area contributed by atoms with Gasteiger partial charge in [0.15, 0.2) is 0 Å². The van der Waals surface area contributed by atoms with Crippen LogP contribution in [0.1, 0.15) is 55.0 Å². The SMILES string of the molecule is CC(NCC1CCCCC1O)c1ccc(C(=O)O)o1. The Morgan fingerprint density at radius 2 is 2.21 bits per heavy atom. The average molecular weight is 267 g/mol. The second-order valence-electron chi connectivity index (χ2n) is 5.25. The maximum atomic E-state index is 10.7. The lowest BCUT2D eigenvalue weighted by Crippen LogP contribution is -2.34. The normalized spacial score (nSPS) is 25.2. The minimum Gasteiger partial charge on any atom is -0.475 e. The van der Waals surface area contributed by atoms with Crippen molar-refractivity contribution in [2.45, 2.75) is 44.8 Å². The van der Waals surface area contributed by atoms with E-state index in [1.54, 1.807) is 6.07 Å². The number of carboxylic acids is 1. The number of nitrogens with one attached hydrogen (secondary N) is 1. The summed E-state index contributed by atoms with van der Waals surface area (Å²) in [5.41, 5.74) is 0. The highest BCUT2D eigenvalue weighted by atomic mass is 16.4. The average Bonchev–Trinajstić information content (AvgIpc) is 2.87. The predicted octanol–water partition coefficient (Wildman–Crippen LogP) is 2.18. The molecule has 1 aliphatic rings. The van der Waals surface area contributed by atoms with Crippen molar-refractivity contribution in [3.8, 4) is 0 Å². The van der Waals surface area contributed by atoms with Gasteiger partial charge in [-0.05, 0) is 37.8 Å². The van der Waals surface area contributed by atoms with Crippen molar-refractivity contribution < 1.29 is 19.4 Å². The maximum absolute atomic E-state index is 10.7. The first-order valence-electron chi connectivity index (χ1n) is 6.82. The fourth-order valence-electron chi connectivity index (χ4n) is 2.56. The number of aromatic carboxylic acids is 1. The summed E-state index contributed by atoms with van der Waals surface area (Å²) in [6, 6.07) is 3.09. The number of hydrogen-bond donors (Lipinski definition) is 3. The molecule has 19 heavy (non-hydrogen) atoms. The first-order chi connectivity index (χ1) is 9.08. The van der Waals surface area contributed by atoms with Crippen LogP contribution in [-0.2, 0) is 0 Å². The van der Waals surface area contributed by atoms with E-state index in [1.807, 2.05) is 6.92 Å². The van der Waals surface area contributed by atoms with E-state index < -0.39 is 5.97 Å². The lowest BCUT2D eigenvalue weighted by atomic mass is 9.86. The van der Waals surface area contributed by atoms with Gasteiger partial charge in [-0.25, -0.2) is 4.79 Å².